The van der Waals surface area contributed by atoms with Gasteiger partial charge in [-0.25, -0.2) is 0 Å². The summed E-state index contributed by atoms with van der Waals surface area (Å²) in [6, 6.07) is 6.31. The number of nitrogens with two attached hydrogens (primary N) is 1. The minimum atomic E-state index is -4.58. The molecule has 0 amide bonds. The molecular formula is C11H10F3N3O. The van der Waals surface area contributed by atoms with Crippen LogP contribution >= 0.6 is 0 Å². The number of benzene rings is 1. The van der Waals surface area contributed by atoms with Gasteiger partial charge in [-0.1, -0.05) is 18.2 Å². The minimum Gasteiger partial charge on any atom is -0.496 e. The van der Waals surface area contributed by atoms with E-state index in [2.05, 4.69) is 10.2 Å². The highest BCUT2D eigenvalue weighted by molar-refractivity contribution is 5.80. The van der Waals surface area contributed by atoms with E-state index >= 15 is 0 Å². The Kier molecular flexibility index (Phi) is 2.90. The highest BCUT2D eigenvalue weighted by Crippen LogP contribution is 2.41. The van der Waals surface area contributed by atoms with Crippen LogP contribution in [-0.4, -0.2) is 17.3 Å². The van der Waals surface area contributed by atoms with E-state index in [1.807, 2.05) is 0 Å². The van der Waals surface area contributed by atoms with Crippen LogP contribution in [0.4, 0.5) is 19.0 Å². The van der Waals surface area contributed by atoms with Gasteiger partial charge in [0, 0.05) is 5.56 Å². The van der Waals surface area contributed by atoms with Crippen molar-refractivity contribution in [3.8, 4) is 16.9 Å². The summed E-state index contributed by atoms with van der Waals surface area (Å²) < 4.78 is 43.4. The summed E-state index contributed by atoms with van der Waals surface area (Å²) >= 11 is 0. The van der Waals surface area contributed by atoms with E-state index in [1.54, 1.807) is 18.2 Å². The summed E-state index contributed by atoms with van der Waals surface area (Å²) in [6.45, 7) is 0. The van der Waals surface area contributed by atoms with Crippen molar-refractivity contribution in [3.05, 3.63) is 30.0 Å². The highest BCUT2D eigenvalue weighted by atomic mass is 19.4. The van der Waals surface area contributed by atoms with Crippen molar-refractivity contribution in [3.63, 3.8) is 0 Å². The van der Waals surface area contributed by atoms with E-state index in [-0.39, 0.29) is 16.9 Å². The average molecular weight is 257 g/mol. The summed E-state index contributed by atoms with van der Waals surface area (Å²) in [7, 11) is 1.38. The number of H-pyrrole nitrogens is 1. The average Bonchev–Trinajstić information content (AvgIpc) is 2.70. The molecule has 0 fully saturated rings. The largest absolute Gasteiger partial charge is 0.496 e. The quantitative estimate of drug-likeness (QED) is 0.869. The number of nitrogen functional groups attached to an aromatic ring is 1. The Morgan fingerprint density at radius 3 is 2.56 bits per heavy atom. The number of aromatic amines is 1. The van der Waals surface area contributed by atoms with Gasteiger partial charge in [0.2, 0.25) is 0 Å². The van der Waals surface area contributed by atoms with Crippen LogP contribution in [0.3, 0.4) is 0 Å². The maximum Gasteiger partial charge on any atom is 0.435 e. The van der Waals surface area contributed by atoms with Gasteiger partial charge in [-0.3, -0.25) is 5.10 Å². The molecule has 0 aliphatic carbocycles. The van der Waals surface area contributed by atoms with Gasteiger partial charge in [0.05, 0.1) is 12.7 Å². The summed E-state index contributed by atoms with van der Waals surface area (Å²) in [5, 5.41) is 5.35. The van der Waals surface area contributed by atoms with Crippen molar-refractivity contribution < 1.29 is 17.9 Å². The second-order valence-electron chi connectivity index (χ2n) is 3.56. The van der Waals surface area contributed by atoms with Crippen LogP contribution in [0.2, 0.25) is 0 Å². The summed E-state index contributed by atoms with van der Waals surface area (Å²) in [5.74, 6) is 0.155. The third-order valence-electron chi connectivity index (χ3n) is 2.44. The van der Waals surface area contributed by atoms with Crippen LogP contribution < -0.4 is 10.5 Å². The number of methoxy groups -OCH3 is 1. The fraction of sp³-hybridized carbons (Fsp3) is 0.182. The number of aromatic nitrogens is 2. The van der Waals surface area contributed by atoms with Crippen molar-refractivity contribution in [2.75, 3.05) is 12.8 Å². The first-order chi connectivity index (χ1) is 8.45. The molecule has 1 aromatic carbocycles. The van der Waals surface area contributed by atoms with Crippen LogP contribution in [0.15, 0.2) is 24.3 Å². The van der Waals surface area contributed by atoms with Crippen LogP contribution in [0.5, 0.6) is 5.75 Å². The molecule has 0 saturated carbocycles. The molecule has 0 aliphatic rings. The topological polar surface area (TPSA) is 63.9 Å². The maximum absolute atomic E-state index is 12.8. The molecule has 0 bridgehead atoms. The van der Waals surface area contributed by atoms with Crippen molar-refractivity contribution in [1.82, 2.24) is 10.2 Å². The lowest BCUT2D eigenvalue weighted by Crippen LogP contribution is -2.08. The van der Waals surface area contributed by atoms with Crippen LogP contribution in [-0.2, 0) is 6.18 Å². The van der Waals surface area contributed by atoms with Gasteiger partial charge in [-0.15, -0.1) is 0 Å². The standard InChI is InChI=1S/C11H10F3N3O/c1-18-7-5-3-2-4-6(7)8-9(11(12,13)14)16-17-10(8)15/h2-5H,1H3,(H3,15,16,17). The Labute approximate surface area is 101 Å². The minimum absolute atomic E-state index is 0.146. The molecule has 1 heterocycles. The zero-order valence-corrected chi connectivity index (χ0v) is 9.38. The first-order valence-corrected chi connectivity index (χ1v) is 4.99. The lowest BCUT2D eigenvalue weighted by Gasteiger charge is -2.10. The monoisotopic (exact) mass is 257 g/mol. The summed E-state index contributed by atoms with van der Waals surface area (Å²) in [4.78, 5) is 0. The number of halogens is 3. The molecule has 0 atom stereocenters. The highest BCUT2D eigenvalue weighted by Gasteiger charge is 2.38. The molecule has 3 N–H and O–H groups in total. The Bertz CT molecular complexity index is 563. The lowest BCUT2D eigenvalue weighted by atomic mass is 10.0. The van der Waals surface area contributed by atoms with Gasteiger partial charge >= 0.3 is 6.18 Å². The third kappa shape index (κ3) is 1.99. The molecule has 2 rings (SSSR count). The Morgan fingerprint density at radius 2 is 1.94 bits per heavy atom. The van der Waals surface area contributed by atoms with Gasteiger partial charge in [-0.05, 0) is 6.07 Å². The molecular weight excluding hydrogens is 247 g/mol. The number of anilines is 1. The Hall–Kier alpha value is -2.18. The van der Waals surface area contributed by atoms with Gasteiger partial charge < -0.3 is 10.5 Å². The maximum atomic E-state index is 12.8. The fourth-order valence-electron chi connectivity index (χ4n) is 1.68. The van der Waals surface area contributed by atoms with Crippen molar-refractivity contribution >= 4 is 5.82 Å². The third-order valence-corrected chi connectivity index (χ3v) is 2.44. The lowest BCUT2D eigenvalue weighted by molar-refractivity contribution is -0.140. The number of hydrogen-bond acceptors (Lipinski definition) is 3. The van der Waals surface area contributed by atoms with Gasteiger partial charge in [-0.2, -0.15) is 18.3 Å². The molecule has 0 aliphatic heterocycles. The molecule has 4 nitrogen and oxygen atoms in total. The zero-order valence-electron chi connectivity index (χ0n) is 9.38. The normalized spacial score (nSPS) is 11.6. The van der Waals surface area contributed by atoms with Gasteiger partial charge in [0.25, 0.3) is 0 Å². The van der Waals surface area contributed by atoms with Gasteiger partial charge in [0.1, 0.15) is 11.6 Å². The molecule has 18 heavy (non-hydrogen) atoms. The van der Waals surface area contributed by atoms with E-state index in [1.165, 1.54) is 13.2 Å². The Morgan fingerprint density at radius 1 is 1.28 bits per heavy atom. The summed E-state index contributed by atoms with van der Waals surface area (Å²) in [5.41, 5.74) is 4.52. The molecule has 96 valence electrons. The van der Waals surface area contributed by atoms with Gasteiger partial charge in [0.15, 0.2) is 5.69 Å². The number of ether oxygens (including phenoxy) is 1. The van der Waals surface area contributed by atoms with E-state index in [4.69, 9.17) is 10.5 Å². The van der Waals surface area contributed by atoms with E-state index in [0.717, 1.165) is 0 Å². The molecule has 0 radical (unpaired) electrons. The van der Waals surface area contributed by atoms with Crippen LogP contribution in [0.1, 0.15) is 5.69 Å². The number of alkyl halides is 3. The van der Waals surface area contributed by atoms with Crippen molar-refractivity contribution in [2.45, 2.75) is 6.18 Å². The zero-order chi connectivity index (χ0) is 13.3. The predicted molar refractivity (Wildman–Crippen MR) is 60.0 cm³/mol. The predicted octanol–water partition coefficient (Wildman–Crippen LogP) is 2.69. The molecule has 0 unspecified atom stereocenters. The van der Waals surface area contributed by atoms with E-state index in [9.17, 15) is 13.2 Å². The molecule has 1 aromatic heterocycles. The number of nitrogens with one attached hydrogen (secondary N) is 1. The van der Waals surface area contributed by atoms with Crippen molar-refractivity contribution in [1.29, 1.82) is 0 Å². The Balaban J connectivity index is 2.67. The summed E-state index contributed by atoms with van der Waals surface area (Å²) in [6.07, 6.45) is -4.58. The number of para-hydroxylation sites is 1. The van der Waals surface area contributed by atoms with Crippen LogP contribution in [0.25, 0.3) is 11.1 Å². The second kappa shape index (κ2) is 4.25. The fourth-order valence-corrected chi connectivity index (χ4v) is 1.68. The molecule has 0 spiro atoms. The van der Waals surface area contributed by atoms with Crippen LogP contribution in [0, 0.1) is 0 Å². The first-order valence-electron chi connectivity index (χ1n) is 4.99. The second-order valence-corrected chi connectivity index (χ2v) is 3.56. The molecule has 0 saturated heterocycles. The number of nitrogens with zero attached hydrogens (tertiary/aromatic N) is 1. The van der Waals surface area contributed by atoms with Crippen molar-refractivity contribution in [2.24, 2.45) is 0 Å². The molecule has 2 aromatic rings. The number of hydrogen-bond donors (Lipinski definition) is 2. The smallest absolute Gasteiger partial charge is 0.435 e. The first kappa shape index (κ1) is 12.3. The molecule has 7 heteroatoms. The van der Waals surface area contributed by atoms with E-state index < -0.39 is 11.9 Å². The number of rotatable bonds is 2. The SMILES string of the molecule is COc1ccccc1-c1c(C(F)(F)F)n[nH]c1N. The van der Waals surface area contributed by atoms with E-state index in [0.29, 0.717) is 5.75 Å².